The van der Waals surface area contributed by atoms with Crippen molar-refractivity contribution in [3.05, 3.63) is 51.6 Å². The lowest BCUT2D eigenvalue weighted by molar-refractivity contribution is 0.0690. The minimum absolute atomic E-state index is 0.0672. The van der Waals surface area contributed by atoms with Crippen LogP contribution in [0.3, 0.4) is 0 Å². The van der Waals surface area contributed by atoms with Crippen LogP contribution in [0.5, 0.6) is 5.75 Å². The minimum atomic E-state index is -2.01. The average molecular weight is 438 g/mol. The monoisotopic (exact) mass is 437 g/mol. The lowest BCUT2D eigenvalue weighted by atomic mass is 10.0. The van der Waals surface area contributed by atoms with Crippen LogP contribution >= 0.6 is 22.9 Å². The summed E-state index contributed by atoms with van der Waals surface area (Å²) in [5.74, 6) is -2.37. The van der Waals surface area contributed by atoms with E-state index in [1.165, 1.54) is 22.9 Å². The van der Waals surface area contributed by atoms with E-state index in [0.717, 1.165) is 11.3 Å². The van der Waals surface area contributed by atoms with E-state index in [4.69, 9.17) is 17.3 Å². The number of carboxylic acid groups (broad SMARTS) is 1. The predicted molar refractivity (Wildman–Crippen MR) is 109 cm³/mol. The second kappa shape index (κ2) is 8.22. The number of rotatable bonds is 7. The van der Waals surface area contributed by atoms with Crippen LogP contribution in [-0.4, -0.2) is 37.7 Å². The molecule has 0 aliphatic rings. The molecule has 0 spiro atoms. The first-order chi connectivity index (χ1) is 13.7. The number of aryl methyl sites for hydroxylation is 1. The van der Waals surface area contributed by atoms with Crippen molar-refractivity contribution in [3.63, 3.8) is 0 Å². The van der Waals surface area contributed by atoms with Gasteiger partial charge in [-0.1, -0.05) is 11.6 Å². The smallest absolute Gasteiger partial charge is 0.340 e. The first kappa shape index (κ1) is 20.8. The molecule has 0 bridgehead atoms. The van der Waals surface area contributed by atoms with E-state index in [1.807, 2.05) is 0 Å². The van der Waals surface area contributed by atoms with E-state index in [-0.39, 0.29) is 28.7 Å². The van der Waals surface area contributed by atoms with Crippen molar-refractivity contribution in [2.24, 2.45) is 0 Å². The zero-order valence-corrected chi connectivity index (χ0v) is 16.8. The first-order valence-corrected chi connectivity index (χ1v) is 9.77. The third kappa shape index (κ3) is 4.10. The number of thiazole rings is 1. The Labute approximate surface area is 174 Å². The molecular formula is C19H17ClFN3O4S. The second-order valence-corrected chi connectivity index (χ2v) is 7.65. The number of phenolic OH excluding ortho intramolecular Hbond substituents is 1. The van der Waals surface area contributed by atoms with Gasteiger partial charge in [0.05, 0.1) is 5.56 Å². The zero-order valence-electron chi connectivity index (χ0n) is 15.2. The number of nitrogen functional groups attached to an aromatic ring is 1. The number of Topliss-reactive ketones (excluding diaryl/α,β-unsaturated/α-hetero) is 1. The molecular weight excluding hydrogens is 421 g/mol. The van der Waals surface area contributed by atoms with Crippen molar-refractivity contribution < 1.29 is 24.2 Å². The summed E-state index contributed by atoms with van der Waals surface area (Å²) >= 11 is 7.23. The van der Waals surface area contributed by atoms with Crippen molar-refractivity contribution in [1.29, 1.82) is 0 Å². The Morgan fingerprint density at radius 1 is 1.34 bits per heavy atom. The first-order valence-electron chi connectivity index (χ1n) is 8.57. The maximum Gasteiger partial charge on any atom is 0.340 e. The van der Waals surface area contributed by atoms with Gasteiger partial charge in [-0.15, -0.1) is 11.3 Å². The summed E-state index contributed by atoms with van der Waals surface area (Å²) in [6.07, 6.45) is -1.10. The molecule has 2 heterocycles. The van der Waals surface area contributed by atoms with Crippen LogP contribution in [-0.2, 0) is 13.0 Å². The molecule has 29 heavy (non-hydrogen) atoms. The number of carbonyl (C=O) groups excluding carboxylic acids is 1. The molecule has 10 heteroatoms. The van der Waals surface area contributed by atoms with Gasteiger partial charge in [0.15, 0.2) is 12.0 Å². The number of nitrogens with zero attached hydrogens (tertiary/aromatic N) is 2. The normalized spacial score (nSPS) is 12.1. The summed E-state index contributed by atoms with van der Waals surface area (Å²) in [5, 5.41) is 19.3. The van der Waals surface area contributed by atoms with Crippen LogP contribution in [0, 0.1) is 0 Å². The molecule has 0 aliphatic carbocycles. The van der Waals surface area contributed by atoms with Gasteiger partial charge in [-0.2, -0.15) is 0 Å². The molecule has 0 saturated heterocycles. The lowest BCUT2D eigenvalue weighted by Gasteiger charge is -2.06. The number of phenols is 1. The number of ketones is 1. The third-order valence-corrected chi connectivity index (χ3v) is 5.90. The number of aromatic nitrogens is 2. The molecule has 2 aromatic heterocycles. The average Bonchev–Trinajstić information content (AvgIpc) is 3.21. The molecule has 7 nitrogen and oxygen atoms in total. The van der Waals surface area contributed by atoms with Crippen molar-refractivity contribution in [1.82, 2.24) is 9.55 Å². The van der Waals surface area contributed by atoms with E-state index in [1.54, 1.807) is 19.1 Å². The Balaban J connectivity index is 1.86. The summed E-state index contributed by atoms with van der Waals surface area (Å²) in [7, 11) is 0. The van der Waals surface area contributed by atoms with Crippen molar-refractivity contribution in [2.75, 3.05) is 5.73 Å². The Morgan fingerprint density at radius 2 is 2.00 bits per heavy atom. The van der Waals surface area contributed by atoms with E-state index < -0.39 is 23.5 Å². The third-order valence-electron chi connectivity index (χ3n) is 4.35. The van der Waals surface area contributed by atoms with Crippen LogP contribution in [0.15, 0.2) is 30.5 Å². The number of carboxylic acids is 1. The summed E-state index contributed by atoms with van der Waals surface area (Å²) in [5.41, 5.74) is 5.78. The van der Waals surface area contributed by atoms with Gasteiger partial charge in [0.2, 0.25) is 0 Å². The number of alkyl halides is 1. The fourth-order valence-electron chi connectivity index (χ4n) is 2.86. The highest BCUT2D eigenvalue weighted by molar-refractivity contribution is 7.15. The molecule has 0 aliphatic heterocycles. The maximum atomic E-state index is 14.8. The molecule has 0 amide bonds. The highest BCUT2D eigenvalue weighted by Crippen LogP contribution is 2.33. The standard InChI is InChI=1S/C19H17ClFN3O4S/c1-2-24-8-11(14(17(24)22)19(27)28)15(26)12(21)7-13-16(20)23-18(29-13)9-3-5-10(25)6-4-9/h3-6,8,12,25H,2,7,22H2,1H3,(H,27,28). The summed E-state index contributed by atoms with van der Waals surface area (Å²) in [4.78, 5) is 28.6. The number of aromatic hydroxyl groups is 1. The molecule has 0 fully saturated rings. The number of carbonyl (C=O) groups is 2. The number of nitrogens with two attached hydrogens (primary N) is 1. The number of aromatic carboxylic acids is 1. The Morgan fingerprint density at radius 3 is 2.59 bits per heavy atom. The molecule has 1 aromatic carbocycles. The Kier molecular flexibility index (Phi) is 5.90. The quantitative estimate of drug-likeness (QED) is 0.480. The van der Waals surface area contributed by atoms with Gasteiger partial charge in [-0.05, 0) is 31.2 Å². The van der Waals surface area contributed by atoms with E-state index in [0.29, 0.717) is 22.0 Å². The van der Waals surface area contributed by atoms with Crippen LogP contribution in [0.4, 0.5) is 10.2 Å². The number of anilines is 1. The molecule has 1 unspecified atom stereocenters. The van der Waals surface area contributed by atoms with Gasteiger partial charge in [-0.25, -0.2) is 14.2 Å². The largest absolute Gasteiger partial charge is 0.508 e. The minimum Gasteiger partial charge on any atom is -0.508 e. The van der Waals surface area contributed by atoms with E-state index in [9.17, 15) is 24.2 Å². The van der Waals surface area contributed by atoms with Crippen LogP contribution < -0.4 is 5.73 Å². The second-order valence-electron chi connectivity index (χ2n) is 6.21. The molecule has 1 atom stereocenters. The van der Waals surface area contributed by atoms with Gasteiger partial charge in [0.25, 0.3) is 0 Å². The molecule has 3 aromatic rings. The van der Waals surface area contributed by atoms with E-state index >= 15 is 0 Å². The van der Waals surface area contributed by atoms with Crippen molar-refractivity contribution >= 4 is 40.5 Å². The molecule has 0 saturated carbocycles. The molecule has 0 radical (unpaired) electrons. The van der Waals surface area contributed by atoms with Gasteiger partial charge in [0, 0.05) is 29.6 Å². The van der Waals surface area contributed by atoms with Crippen LogP contribution in [0.2, 0.25) is 5.15 Å². The van der Waals surface area contributed by atoms with Gasteiger partial charge in [0.1, 0.15) is 27.3 Å². The predicted octanol–water partition coefficient (Wildman–Crippen LogP) is 4.03. The Hall–Kier alpha value is -2.91. The fourth-order valence-corrected chi connectivity index (χ4v) is 4.17. The number of hydrogen-bond acceptors (Lipinski definition) is 6. The van der Waals surface area contributed by atoms with Crippen molar-refractivity contribution in [2.45, 2.75) is 26.1 Å². The topological polar surface area (TPSA) is 118 Å². The SMILES string of the molecule is CCn1cc(C(=O)C(F)Cc2sc(-c3ccc(O)cc3)nc2Cl)c(C(=O)O)c1N. The Bertz CT molecular complexity index is 1080. The number of halogens is 2. The zero-order chi connectivity index (χ0) is 21.3. The molecule has 3 rings (SSSR count). The van der Waals surface area contributed by atoms with Gasteiger partial charge >= 0.3 is 5.97 Å². The van der Waals surface area contributed by atoms with Crippen LogP contribution in [0.1, 0.15) is 32.5 Å². The van der Waals surface area contributed by atoms with Gasteiger partial charge in [-0.3, -0.25) is 4.79 Å². The fraction of sp³-hybridized carbons (Fsp3) is 0.211. The molecule has 152 valence electrons. The molecule has 4 N–H and O–H groups in total. The number of benzene rings is 1. The summed E-state index contributed by atoms with van der Waals surface area (Å²) < 4.78 is 16.2. The summed E-state index contributed by atoms with van der Waals surface area (Å²) in [6.45, 7) is 2.07. The number of hydrogen-bond donors (Lipinski definition) is 3. The van der Waals surface area contributed by atoms with E-state index in [2.05, 4.69) is 4.98 Å². The van der Waals surface area contributed by atoms with Crippen molar-refractivity contribution in [3.8, 4) is 16.3 Å². The van der Waals surface area contributed by atoms with Crippen LogP contribution in [0.25, 0.3) is 10.6 Å². The van der Waals surface area contributed by atoms with Gasteiger partial charge < -0.3 is 20.5 Å². The summed E-state index contributed by atoms with van der Waals surface area (Å²) in [6, 6.07) is 6.26. The highest BCUT2D eigenvalue weighted by atomic mass is 35.5. The highest BCUT2D eigenvalue weighted by Gasteiger charge is 2.30. The lowest BCUT2D eigenvalue weighted by Crippen LogP contribution is -2.20. The maximum absolute atomic E-state index is 14.8.